The topological polar surface area (TPSA) is 64.5 Å². The van der Waals surface area contributed by atoms with E-state index in [0.717, 1.165) is 42.2 Å². The highest BCUT2D eigenvalue weighted by atomic mass is 35.5. The van der Waals surface area contributed by atoms with Gasteiger partial charge < -0.3 is 14.4 Å². The first-order chi connectivity index (χ1) is 15.9. The SMILES string of the molecule is CC(C)C(=O)OCc1nnc(-c2ccc(N3CCC(Oc4cc(F)ccc4Cl)CC3)cc2)s1. The van der Waals surface area contributed by atoms with Crippen molar-refractivity contribution in [2.75, 3.05) is 18.0 Å². The Morgan fingerprint density at radius 3 is 2.61 bits per heavy atom. The summed E-state index contributed by atoms with van der Waals surface area (Å²) in [5, 5.41) is 10.2. The Bertz CT molecular complexity index is 1100. The molecule has 1 fully saturated rings. The van der Waals surface area contributed by atoms with E-state index >= 15 is 0 Å². The Hall–Kier alpha value is -2.71. The molecule has 0 atom stereocenters. The average Bonchev–Trinajstić information content (AvgIpc) is 3.29. The highest BCUT2D eigenvalue weighted by molar-refractivity contribution is 7.14. The van der Waals surface area contributed by atoms with E-state index in [9.17, 15) is 9.18 Å². The first-order valence-corrected chi connectivity index (χ1v) is 12.0. The number of rotatable bonds is 7. The van der Waals surface area contributed by atoms with Crippen molar-refractivity contribution >= 4 is 34.6 Å². The van der Waals surface area contributed by atoms with E-state index < -0.39 is 0 Å². The first-order valence-electron chi connectivity index (χ1n) is 10.8. The number of hydrogen-bond donors (Lipinski definition) is 0. The molecule has 1 saturated heterocycles. The molecule has 0 N–H and O–H groups in total. The van der Waals surface area contributed by atoms with Crippen LogP contribution in [-0.4, -0.2) is 35.4 Å². The number of halogens is 2. The molecule has 0 radical (unpaired) electrons. The summed E-state index contributed by atoms with van der Waals surface area (Å²) in [5.41, 5.74) is 2.09. The fourth-order valence-electron chi connectivity index (χ4n) is 3.52. The Kier molecular flexibility index (Phi) is 7.45. The van der Waals surface area contributed by atoms with Crippen LogP contribution in [0.25, 0.3) is 10.6 Å². The predicted octanol–water partition coefficient (Wildman–Crippen LogP) is 5.74. The molecule has 33 heavy (non-hydrogen) atoms. The molecule has 174 valence electrons. The number of aromatic nitrogens is 2. The molecule has 4 rings (SSSR count). The van der Waals surface area contributed by atoms with Gasteiger partial charge in [-0.15, -0.1) is 10.2 Å². The Labute approximate surface area is 201 Å². The van der Waals surface area contributed by atoms with Crippen LogP contribution in [0.1, 0.15) is 31.7 Å². The third-order valence-electron chi connectivity index (χ3n) is 5.38. The van der Waals surface area contributed by atoms with Gasteiger partial charge in [-0.1, -0.05) is 36.8 Å². The molecule has 6 nitrogen and oxygen atoms in total. The van der Waals surface area contributed by atoms with Gasteiger partial charge in [0.2, 0.25) is 0 Å². The van der Waals surface area contributed by atoms with Crippen molar-refractivity contribution in [3.05, 3.63) is 58.3 Å². The Morgan fingerprint density at radius 1 is 1.18 bits per heavy atom. The zero-order chi connectivity index (χ0) is 23.4. The third-order valence-corrected chi connectivity index (χ3v) is 6.64. The zero-order valence-electron chi connectivity index (χ0n) is 18.5. The number of carbonyl (C=O) groups excluding carboxylic acids is 1. The number of ether oxygens (including phenoxy) is 2. The lowest BCUT2D eigenvalue weighted by molar-refractivity contribution is -0.148. The smallest absolute Gasteiger partial charge is 0.308 e. The van der Waals surface area contributed by atoms with Gasteiger partial charge in [0.15, 0.2) is 5.01 Å². The van der Waals surface area contributed by atoms with Crippen LogP contribution in [0, 0.1) is 11.7 Å². The van der Waals surface area contributed by atoms with Gasteiger partial charge in [-0.05, 0) is 36.4 Å². The first kappa shape index (κ1) is 23.4. The summed E-state index contributed by atoms with van der Waals surface area (Å²) in [5.74, 6) is -0.370. The molecule has 0 aliphatic carbocycles. The van der Waals surface area contributed by atoms with Crippen molar-refractivity contribution in [1.82, 2.24) is 10.2 Å². The molecule has 0 spiro atoms. The summed E-state index contributed by atoms with van der Waals surface area (Å²) in [7, 11) is 0. The normalized spacial score (nSPS) is 14.5. The van der Waals surface area contributed by atoms with Gasteiger partial charge in [-0.2, -0.15) is 0 Å². The van der Waals surface area contributed by atoms with E-state index in [2.05, 4.69) is 27.2 Å². The summed E-state index contributed by atoms with van der Waals surface area (Å²) in [6.45, 7) is 5.41. The van der Waals surface area contributed by atoms with Crippen LogP contribution in [-0.2, 0) is 16.1 Å². The van der Waals surface area contributed by atoms with Crippen LogP contribution in [0.5, 0.6) is 5.75 Å². The van der Waals surface area contributed by atoms with Crippen molar-refractivity contribution in [2.45, 2.75) is 39.4 Å². The maximum Gasteiger partial charge on any atom is 0.308 e. The molecule has 1 aliphatic heterocycles. The predicted molar refractivity (Wildman–Crippen MR) is 127 cm³/mol. The highest BCUT2D eigenvalue weighted by Crippen LogP contribution is 2.30. The van der Waals surface area contributed by atoms with E-state index in [1.165, 1.54) is 29.5 Å². The second-order valence-corrected chi connectivity index (χ2v) is 9.66. The minimum Gasteiger partial charge on any atom is -0.489 e. The van der Waals surface area contributed by atoms with Crippen LogP contribution in [0.2, 0.25) is 5.02 Å². The molecule has 2 heterocycles. The Morgan fingerprint density at radius 2 is 1.91 bits per heavy atom. The lowest BCUT2D eigenvalue weighted by Gasteiger charge is -2.34. The van der Waals surface area contributed by atoms with Crippen molar-refractivity contribution < 1.29 is 18.7 Å². The van der Waals surface area contributed by atoms with E-state index in [1.54, 1.807) is 13.8 Å². The number of hydrogen-bond acceptors (Lipinski definition) is 7. The lowest BCUT2D eigenvalue weighted by atomic mass is 10.1. The van der Waals surface area contributed by atoms with Crippen LogP contribution in [0.15, 0.2) is 42.5 Å². The third kappa shape index (κ3) is 6.00. The number of nitrogens with zero attached hydrogens (tertiary/aromatic N) is 3. The molecule has 0 unspecified atom stereocenters. The fraction of sp³-hybridized carbons (Fsp3) is 0.375. The summed E-state index contributed by atoms with van der Waals surface area (Å²) in [4.78, 5) is 13.9. The number of carbonyl (C=O) groups is 1. The van der Waals surface area contributed by atoms with E-state index in [1.807, 2.05) is 12.1 Å². The fourth-order valence-corrected chi connectivity index (χ4v) is 4.44. The highest BCUT2D eigenvalue weighted by Gasteiger charge is 2.22. The van der Waals surface area contributed by atoms with Gasteiger partial charge in [0.25, 0.3) is 0 Å². The molecule has 0 saturated carbocycles. The largest absolute Gasteiger partial charge is 0.489 e. The van der Waals surface area contributed by atoms with Crippen molar-refractivity contribution in [1.29, 1.82) is 0 Å². The van der Waals surface area contributed by atoms with Crippen LogP contribution < -0.4 is 9.64 Å². The van der Waals surface area contributed by atoms with Crippen LogP contribution in [0.4, 0.5) is 10.1 Å². The Balaban J connectivity index is 1.31. The quantitative estimate of drug-likeness (QED) is 0.394. The summed E-state index contributed by atoms with van der Waals surface area (Å²) < 4.78 is 24.6. The second kappa shape index (κ2) is 10.5. The maximum absolute atomic E-state index is 13.5. The van der Waals surface area contributed by atoms with Crippen molar-refractivity contribution in [3.8, 4) is 16.3 Å². The van der Waals surface area contributed by atoms with Crippen LogP contribution >= 0.6 is 22.9 Å². The second-order valence-electron chi connectivity index (χ2n) is 8.19. The molecule has 1 aromatic heterocycles. The van der Waals surface area contributed by atoms with Gasteiger partial charge >= 0.3 is 5.97 Å². The van der Waals surface area contributed by atoms with Gasteiger partial charge in [-0.3, -0.25) is 4.79 Å². The van der Waals surface area contributed by atoms with Gasteiger partial charge in [-0.25, -0.2) is 4.39 Å². The minimum atomic E-state index is -0.356. The zero-order valence-corrected chi connectivity index (χ0v) is 20.0. The lowest BCUT2D eigenvalue weighted by Crippen LogP contribution is -2.38. The van der Waals surface area contributed by atoms with Crippen molar-refractivity contribution in [3.63, 3.8) is 0 Å². The van der Waals surface area contributed by atoms with Gasteiger partial charge in [0, 0.05) is 43.2 Å². The van der Waals surface area contributed by atoms with E-state index in [4.69, 9.17) is 21.1 Å². The number of piperidine rings is 1. The molecule has 0 amide bonds. The minimum absolute atomic E-state index is 0.00411. The summed E-state index contributed by atoms with van der Waals surface area (Å²) in [6.07, 6.45) is 1.65. The molecule has 0 bridgehead atoms. The van der Waals surface area contributed by atoms with E-state index in [0.29, 0.717) is 15.8 Å². The van der Waals surface area contributed by atoms with Crippen molar-refractivity contribution in [2.24, 2.45) is 5.92 Å². The number of benzene rings is 2. The number of anilines is 1. The number of esters is 1. The standard InChI is InChI=1S/C24H25ClFN3O3S/c1-15(2)24(30)31-14-22-27-28-23(33-22)16-3-6-18(7-4-16)29-11-9-19(10-12-29)32-21-13-17(26)5-8-20(21)25/h3-8,13,15,19H,9-12,14H2,1-2H3. The van der Waals surface area contributed by atoms with Gasteiger partial charge in [0.1, 0.15) is 29.3 Å². The molecule has 2 aromatic carbocycles. The van der Waals surface area contributed by atoms with Gasteiger partial charge in [0.05, 0.1) is 10.9 Å². The molecule has 1 aliphatic rings. The summed E-state index contributed by atoms with van der Waals surface area (Å²) >= 11 is 7.54. The average molecular weight is 490 g/mol. The van der Waals surface area contributed by atoms with E-state index in [-0.39, 0.29) is 30.4 Å². The molecule has 9 heteroatoms. The van der Waals surface area contributed by atoms with Crippen LogP contribution in [0.3, 0.4) is 0 Å². The molecular weight excluding hydrogens is 465 g/mol. The maximum atomic E-state index is 13.5. The monoisotopic (exact) mass is 489 g/mol. The summed E-state index contributed by atoms with van der Waals surface area (Å²) in [6, 6.07) is 12.4. The molecular formula is C24H25ClFN3O3S. The molecule has 3 aromatic rings.